The highest BCUT2D eigenvalue weighted by molar-refractivity contribution is 6.31. The van der Waals surface area contributed by atoms with E-state index in [2.05, 4.69) is 33.0 Å². The fraction of sp³-hybridized carbons (Fsp3) is 0.571. The van der Waals surface area contributed by atoms with Gasteiger partial charge in [0, 0.05) is 18.7 Å². The van der Waals surface area contributed by atoms with Crippen molar-refractivity contribution in [3.8, 4) is 0 Å². The molecule has 1 unspecified atom stereocenters. The zero-order valence-corrected chi connectivity index (χ0v) is 12.6. The quantitative estimate of drug-likeness (QED) is 0.656. The molecule has 1 aromatic rings. The normalized spacial score (nSPS) is 13.3. The number of nitrogens with one attached hydrogen (secondary N) is 1. The zero-order valence-electron chi connectivity index (χ0n) is 11.9. The van der Waals surface area contributed by atoms with E-state index in [1.54, 1.807) is 6.07 Å². The SMILES string of the molecule is CC(CNCc1ccc([N+](=O)[O-])cc1Cl)C(C)(C)C. The molecule has 1 N–H and O–H groups in total. The third-order valence-electron chi connectivity index (χ3n) is 3.49. The molecule has 19 heavy (non-hydrogen) atoms. The molecule has 0 aliphatic carbocycles. The van der Waals surface area contributed by atoms with Crippen LogP contribution in [0.3, 0.4) is 0 Å². The molecule has 0 aliphatic rings. The highest BCUT2D eigenvalue weighted by Crippen LogP contribution is 2.25. The van der Waals surface area contributed by atoms with Gasteiger partial charge in [0.15, 0.2) is 0 Å². The Morgan fingerprint density at radius 2 is 2.05 bits per heavy atom. The molecule has 0 aliphatic heterocycles. The maximum absolute atomic E-state index is 10.6. The van der Waals surface area contributed by atoms with Crippen LogP contribution in [0.5, 0.6) is 0 Å². The van der Waals surface area contributed by atoms with Crippen LogP contribution < -0.4 is 5.32 Å². The average Bonchev–Trinajstić information content (AvgIpc) is 2.29. The number of benzene rings is 1. The maximum atomic E-state index is 10.6. The largest absolute Gasteiger partial charge is 0.312 e. The Morgan fingerprint density at radius 3 is 2.53 bits per heavy atom. The number of hydrogen-bond donors (Lipinski definition) is 1. The number of hydrogen-bond acceptors (Lipinski definition) is 3. The molecule has 1 rings (SSSR count). The van der Waals surface area contributed by atoms with Gasteiger partial charge in [-0.15, -0.1) is 0 Å². The van der Waals surface area contributed by atoms with Crippen LogP contribution in [0, 0.1) is 21.4 Å². The third-order valence-corrected chi connectivity index (χ3v) is 3.84. The fourth-order valence-electron chi connectivity index (χ4n) is 1.52. The van der Waals surface area contributed by atoms with Gasteiger partial charge in [-0.1, -0.05) is 39.3 Å². The molecule has 1 atom stereocenters. The summed E-state index contributed by atoms with van der Waals surface area (Å²) in [6.07, 6.45) is 0. The first-order valence-electron chi connectivity index (χ1n) is 6.35. The van der Waals surface area contributed by atoms with Gasteiger partial charge in [0.2, 0.25) is 0 Å². The van der Waals surface area contributed by atoms with E-state index in [-0.39, 0.29) is 11.1 Å². The molecular formula is C14H21ClN2O2. The molecule has 4 nitrogen and oxygen atoms in total. The van der Waals surface area contributed by atoms with Crippen molar-refractivity contribution in [1.29, 1.82) is 0 Å². The van der Waals surface area contributed by atoms with Crippen molar-refractivity contribution in [2.24, 2.45) is 11.3 Å². The van der Waals surface area contributed by atoms with E-state index in [0.29, 0.717) is 17.5 Å². The van der Waals surface area contributed by atoms with E-state index >= 15 is 0 Å². The summed E-state index contributed by atoms with van der Waals surface area (Å²) in [6, 6.07) is 4.58. The van der Waals surface area contributed by atoms with Gasteiger partial charge in [0.1, 0.15) is 0 Å². The summed E-state index contributed by atoms with van der Waals surface area (Å²) in [7, 11) is 0. The van der Waals surface area contributed by atoms with E-state index < -0.39 is 4.92 Å². The third kappa shape index (κ3) is 4.80. The van der Waals surface area contributed by atoms with E-state index in [0.717, 1.165) is 12.1 Å². The molecule has 0 bridgehead atoms. The smallest absolute Gasteiger partial charge is 0.270 e. The van der Waals surface area contributed by atoms with Crippen molar-refractivity contribution in [1.82, 2.24) is 5.32 Å². The lowest BCUT2D eigenvalue weighted by molar-refractivity contribution is -0.384. The predicted octanol–water partition coefficient (Wildman–Crippen LogP) is 4.02. The molecule has 0 radical (unpaired) electrons. The standard InChI is InChI=1S/C14H21ClN2O2/c1-10(14(2,3)4)8-16-9-11-5-6-12(17(18)19)7-13(11)15/h5-7,10,16H,8-9H2,1-4H3. The number of non-ortho nitro benzene ring substituents is 1. The van der Waals surface area contributed by atoms with Crippen molar-refractivity contribution in [3.05, 3.63) is 38.9 Å². The predicted molar refractivity (Wildman–Crippen MR) is 78.4 cm³/mol. The maximum Gasteiger partial charge on any atom is 0.270 e. The van der Waals surface area contributed by atoms with Gasteiger partial charge in [-0.2, -0.15) is 0 Å². The Bertz CT molecular complexity index is 455. The van der Waals surface area contributed by atoms with E-state index in [1.807, 2.05) is 0 Å². The lowest BCUT2D eigenvalue weighted by Gasteiger charge is -2.27. The van der Waals surface area contributed by atoms with Crippen LogP contribution in [0.1, 0.15) is 33.3 Å². The topological polar surface area (TPSA) is 55.2 Å². The lowest BCUT2D eigenvalue weighted by atomic mass is 9.82. The molecule has 0 fully saturated rings. The van der Waals surface area contributed by atoms with Gasteiger partial charge in [-0.25, -0.2) is 0 Å². The van der Waals surface area contributed by atoms with Crippen LogP contribution in [-0.4, -0.2) is 11.5 Å². The highest BCUT2D eigenvalue weighted by Gasteiger charge is 2.19. The lowest BCUT2D eigenvalue weighted by Crippen LogP contribution is -2.29. The molecule has 0 heterocycles. The molecule has 0 aromatic heterocycles. The first-order chi connectivity index (χ1) is 8.71. The minimum atomic E-state index is -0.440. The van der Waals surface area contributed by atoms with Crippen molar-refractivity contribution < 1.29 is 4.92 Å². The Morgan fingerprint density at radius 1 is 1.42 bits per heavy atom. The first-order valence-corrected chi connectivity index (χ1v) is 6.73. The molecule has 0 saturated carbocycles. The molecule has 5 heteroatoms. The first kappa shape index (κ1) is 15.9. The summed E-state index contributed by atoms with van der Waals surface area (Å²) < 4.78 is 0. The molecule has 0 spiro atoms. The molecule has 106 valence electrons. The molecule has 0 amide bonds. The van der Waals surface area contributed by atoms with E-state index in [9.17, 15) is 10.1 Å². The van der Waals surface area contributed by atoms with E-state index in [1.165, 1.54) is 12.1 Å². The summed E-state index contributed by atoms with van der Waals surface area (Å²) in [6.45, 7) is 10.3. The summed E-state index contributed by atoms with van der Waals surface area (Å²) in [4.78, 5) is 10.2. The fourth-order valence-corrected chi connectivity index (χ4v) is 1.76. The van der Waals surface area contributed by atoms with Gasteiger partial charge < -0.3 is 5.32 Å². The van der Waals surface area contributed by atoms with Gasteiger partial charge >= 0.3 is 0 Å². The second-order valence-electron chi connectivity index (χ2n) is 5.93. The van der Waals surface area contributed by atoms with Crippen molar-refractivity contribution in [2.75, 3.05) is 6.54 Å². The Kier molecular flexibility index (Phi) is 5.32. The second-order valence-corrected chi connectivity index (χ2v) is 6.34. The summed E-state index contributed by atoms with van der Waals surface area (Å²) in [5.41, 5.74) is 1.16. The number of rotatable bonds is 5. The van der Waals surface area contributed by atoms with Crippen molar-refractivity contribution in [3.63, 3.8) is 0 Å². The molecule has 0 saturated heterocycles. The van der Waals surface area contributed by atoms with Gasteiger partial charge in [0.05, 0.1) is 9.95 Å². The number of halogens is 1. The van der Waals surface area contributed by atoms with Crippen LogP contribution >= 0.6 is 11.6 Å². The van der Waals surface area contributed by atoms with E-state index in [4.69, 9.17) is 11.6 Å². The van der Waals surface area contributed by atoms with Crippen LogP contribution in [0.4, 0.5) is 5.69 Å². The van der Waals surface area contributed by atoms with Crippen LogP contribution in [0.25, 0.3) is 0 Å². The summed E-state index contributed by atoms with van der Waals surface area (Å²) in [5.74, 6) is 0.532. The average molecular weight is 285 g/mol. The van der Waals surface area contributed by atoms with Crippen LogP contribution in [0.15, 0.2) is 18.2 Å². The molecular weight excluding hydrogens is 264 g/mol. The Hall–Kier alpha value is -1.13. The van der Waals surface area contributed by atoms with Crippen molar-refractivity contribution in [2.45, 2.75) is 34.2 Å². The van der Waals surface area contributed by atoms with Gasteiger partial charge in [0.25, 0.3) is 5.69 Å². The minimum absolute atomic E-state index is 0.0248. The number of nitrogens with zero attached hydrogens (tertiary/aromatic N) is 1. The minimum Gasteiger partial charge on any atom is -0.312 e. The number of nitro benzene ring substituents is 1. The zero-order chi connectivity index (χ0) is 14.6. The van der Waals surface area contributed by atoms with Crippen LogP contribution in [-0.2, 0) is 6.54 Å². The second kappa shape index (κ2) is 6.35. The number of nitro groups is 1. The van der Waals surface area contributed by atoms with Crippen molar-refractivity contribution >= 4 is 17.3 Å². The van der Waals surface area contributed by atoms with Gasteiger partial charge in [-0.05, 0) is 29.5 Å². The Balaban J connectivity index is 2.57. The summed E-state index contributed by atoms with van der Waals surface area (Å²) >= 11 is 6.03. The molecule has 1 aromatic carbocycles. The van der Waals surface area contributed by atoms with Gasteiger partial charge in [-0.3, -0.25) is 10.1 Å². The Labute approximate surface area is 119 Å². The monoisotopic (exact) mass is 284 g/mol. The summed E-state index contributed by atoms with van der Waals surface area (Å²) in [5, 5.41) is 14.4. The highest BCUT2D eigenvalue weighted by atomic mass is 35.5. The van der Waals surface area contributed by atoms with Crippen LogP contribution in [0.2, 0.25) is 5.02 Å².